The maximum absolute atomic E-state index is 13.1. The standard InChI is InChI=1S/C22H24N4O/c1-3-16-8-4-5-9-19(16)25-20-17-11-10-15(2)24-21(17)23-14-18(20)22(27)26-12-6-7-13-26/h4-5,8-11,14H,3,6-7,12-13H2,1-2H3,(H,23,24,25). The number of benzene rings is 1. The number of nitrogens with zero attached hydrogens (tertiary/aromatic N) is 3. The Morgan fingerprint density at radius 2 is 1.93 bits per heavy atom. The Balaban J connectivity index is 1.86. The highest BCUT2D eigenvalue weighted by atomic mass is 16.2. The first-order valence-corrected chi connectivity index (χ1v) is 9.58. The molecule has 3 heterocycles. The summed E-state index contributed by atoms with van der Waals surface area (Å²) in [5.74, 6) is 0.0407. The van der Waals surface area contributed by atoms with Gasteiger partial charge in [-0.15, -0.1) is 0 Å². The molecule has 1 N–H and O–H groups in total. The van der Waals surface area contributed by atoms with Crippen molar-refractivity contribution >= 4 is 28.3 Å². The van der Waals surface area contributed by atoms with E-state index >= 15 is 0 Å². The highest BCUT2D eigenvalue weighted by molar-refractivity contribution is 6.07. The molecular formula is C22H24N4O. The lowest BCUT2D eigenvalue weighted by Crippen LogP contribution is -2.28. The van der Waals surface area contributed by atoms with Gasteiger partial charge in [0.15, 0.2) is 5.65 Å². The van der Waals surface area contributed by atoms with Crippen molar-refractivity contribution in [1.82, 2.24) is 14.9 Å². The molecule has 5 nitrogen and oxygen atoms in total. The third kappa shape index (κ3) is 3.37. The van der Waals surface area contributed by atoms with Crippen molar-refractivity contribution in [2.45, 2.75) is 33.1 Å². The average molecular weight is 360 g/mol. The predicted molar refractivity (Wildman–Crippen MR) is 109 cm³/mol. The Bertz CT molecular complexity index is 993. The minimum atomic E-state index is 0.0407. The second-order valence-corrected chi connectivity index (χ2v) is 7.01. The fourth-order valence-corrected chi connectivity index (χ4v) is 3.64. The molecule has 1 saturated heterocycles. The van der Waals surface area contributed by atoms with Crippen LogP contribution in [0.15, 0.2) is 42.6 Å². The summed E-state index contributed by atoms with van der Waals surface area (Å²) in [6.45, 7) is 5.71. The normalized spacial score (nSPS) is 13.9. The Morgan fingerprint density at radius 1 is 1.15 bits per heavy atom. The number of carbonyl (C=O) groups is 1. The average Bonchev–Trinajstić information content (AvgIpc) is 3.22. The number of likely N-dealkylation sites (tertiary alicyclic amines) is 1. The number of amides is 1. The van der Waals surface area contributed by atoms with Gasteiger partial charge in [0.05, 0.1) is 11.3 Å². The van der Waals surface area contributed by atoms with E-state index in [2.05, 4.69) is 34.3 Å². The van der Waals surface area contributed by atoms with Crippen LogP contribution in [0.3, 0.4) is 0 Å². The van der Waals surface area contributed by atoms with E-state index in [9.17, 15) is 4.79 Å². The summed E-state index contributed by atoms with van der Waals surface area (Å²) in [5, 5.41) is 4.40. The van der Waals surface area contributed by atoms with Crippen molar-refractivity contribution in [3.8, 4) is 0 Å². The van der Waals surface area contributed by atoms with Gasteiger partial charge in [-0.1, -0.05) is 25.1 Å². The lowest BCUT2D eigenvalue weighted by Gasteiger charge is -2.20. The Kier molecular flexibility index (Phi) is 4.75. The van der Waals surface area contributed by atoms with Crippen LogP contribution in [-0.2, 0) is 6.42 Å². The monoisotopic (exact) mass is 360 g/mol. The molecule has 3 aromatic rings. The molecule has 27 heavy (non-hydrogen) atoms. The summed E-state index contributed by atoms with van der Waals surface area (Å²) >= 11 is 0. The topological polar surface area (TPSA) is 58.1 Å². The minimum Gasteiger partial charge on any atom is -0.354 e. The number of anilines is 2. The molecule has 0 bridgehead atoms. The Hall–Kier alpha value is -2.95. The summed E-state index contributed by atoms with van der Waals surface area (Å²) in [6.07, 6.45) is 4.72. The van der Waals surface area contributed by atoms with Crippen LogP contribution in [0.5, 0.6) is 0 Å². The van der Waals surface area contributed by atoms with E-state index < -0.39 is 0 Å². The summed E-state index contributed by atoms with van der Waals surface area (Å²) in [5.41, 5.74) is 5.20. The molecule has 1 aliphatic heterocycles. The molecule has 0 atom stereocenters. The predicted octanol–water partition coefficient (Wildman–Crippen LogP) is 4.48. The number of aryl methyl sites for hydroxylation is 2. The number of hydrogen-bond donors (Lipinski definition) is 1. The quantitative estimate of drug-likeness (QED) is 0.745. The molecule has 4 rings (SSSR count). The van der Waals surface area contributed by atoms with Gasteiger partial charge in [-0.2, -0.15) is 0 Å². The third-order valence-electron chi connectivity index (χ3n) is 5.15. The number of pyridine rings is 2. The molecule has 1 fully saturated rings. The summed E-state index contributed by atoms with van der Waals surface area (Å²) in [6, 6.07) is 12.2. The van der Waals surface area contributed by atoms with Crippen LogP contribution in [0.25, 0.3) is 11.0 Å². The van der Waals surface area contributed by atoms with Crippen LogP contribution in [0.1, 0.15) is 41.4 Å². The van der Waals surface area contributed by atoms with E-state index in [0.717, 1.165) is 54.8 Å². The zero-order chi connectivity index (χ0) is 18.8. The van der Waals surface area contributed by atoms with Crippen LogP contribution < -0.4 is 5.32 Å². The molecule has 1 aromatic carbocycles. The minimum absolute atomic E-state index is 0.0407. The Morgan fingerprint density at radius 3 is 2.70 bits per heavy atom. The second-order valence-electron chi connectivity index (χ2n) is 7.01. The van der Waals surface area contributed by atoms with Crippen molar-refractivity contribution < 1.29 is 4.79 Å². The van der Waals surface area contributed by atoms with Gasteiger partial charge >= 0.3 is 0 Å². The fraction of sp³-hybridized carbons (Fsp3) is 0.318. The molecule has 0 radical (unpaired) electrons. The van der Waals surface area contributed by atoms with Crippen molar-refractivity contribution in [2.24, 2.45) is 0 Å². The SMILES string of the molecule is CCc1ccccc1Nc1c(C(=O)N2CCCC2)cnc2nc(C)ccc12. The molecule has 0 saturated carbocycles. The first kappa shape index (κ1) is 17.5. The van der Waals surface area contributed by atoms with E-state index in [1.54, 1.807) is 6.20 Å². The Labute approximate surface area is 159 Å². The van der Waals surface area contributed by atoms with Crippen LogP contribution in [0.2, 0.25) is 0 Å². The number of hydrogen-bond acceptors (Lipinski definition) is 4. The largest absolute Gasteiger partial charge is 0.354 e. The molecule has 1 amide bonds. The number of para-hydroxylation sites is 1. The van der Waals surface area contributed by atoms with Gasteiger partial charge in [0.25, 0.3) is 5.91 Å². The molecule has 138 valence electrons. The van der Waals surface area contributed by atoms with E-state index in [1.165, 1.54) is 5.56 Å². The van der Waals surface area contributed by atoms with Crippen molar-refractivity contribution in [3.63, 3.8) is 0 Å². The second kappa shape index (κ2) is 7.35. The maximum Gasteiger partial charge on any atom is 0.257 e. The van der Waals surface area contributed by atoms with Crippen molar-refractivity contribution in [1.29, 1.82) is 0 Å². The lowest BCUT2D eigenvalue weighted by atomic mass is 10.1. The summed E-state index contributed by atoms with van der Waals surface area (Å²) in [7, 11) is 0. The summed E-state index contributed by atoms with van der Waals surface area (Å²) in [4.78, 5) is 24.1. The van der Waals surface area contributed by atoms with Crippen molar-refractivity contribution in [3.05, 3.63) is 59.4 Å². The summed E-state index contributed by atoms with van der Waals surface area (Å²) < 4.78 is 0. The third-order valence-corrected chi connectivity index (χ3v) is 5.15. The molecule has 2 aromatic heterocycles. The number of aromatic nitrogens is 2. The number of rotatable bonds is 4. The lowest BCUT2D eigenvalue weighted by molar-refractivity contribution is 0.0793. The zero-order valence-corrected chi connectivity index (χ0v) is 15.8. The number of nitrogens with one attached hydrogen (secondary N) is 1. The van der Waals surface area contributed by atoms with Gasteiger partial charge in [0.2, 0.25) is 0 Å². The number of carbonyl (C=O) groups excluding carboxylic acids is 1. The first-order valence-electron chi connectivity index (χ1n) is 9.58. The fourth-order valence-electron chi connectivity index (χ4n) is 3.64. The molecular weight excluding hydrogens is 336 g/mol. The van der Waals surface area contributed by atoms with Gasteiger partial charge in [0.1, 0.15) is 0 Å². The van der Waals surface area contributed by atoms with Crippen LogP contribution in [0.4, 0.5) is 11.4 Å². The maximum atomic E-state index is 13.1. The van der Waals surface area contributed by atoms with E-state index in [4.69, 9.17) is 0 Å². The van der Waals surface area contributed by atoms with Crippen LogP contribution in [0, 0.1) is 6.92 Å². The highest BCUT2D eigenvalue weighted by Crippen LogP contribution is 2.31. The van der Waals surface area contributed by atoms with Crippen molar-refractivity contribution in [2.75, 3.05) is 18.4 Å². The van der Waals surface area contributed by atoms with Gasteiger partial charge in [-0.25, -0.2) is 9.97 Å². The molecule has 5 heteroatoms. The molecule has 0 aliphatic carbocycles. The molecule has 0 unspecified atom stereocenters. The molecule has 1 aliphatic rings. The number of fused-ring (bicyclic) bond motifs is 1. The first-order chi connectivity index (χ1) is 13.2. The van der Waals surface area contributed by atoms with E-state index in [-0.39, 0.29) is 5.91 Å². The molecule has 0 spiro atoms. The van der Waals surface area contributed by atoms with E-state index in [0.29, 0.717) is 11.2 Å². The van der Waals surface area contributed by atoms with Crippen LogP contribution in [-0.4, -0.2) is 33.9 Å². The van der Waals surface area contributed by atoms with Gasteiger partial charge in [-0.05, 0) is 49.9 Å². The van der Waals surface area contributed by atoms with Gasteiger partial charge < -0.3 is 10.2 Å². The zero-order valence-electron chi connectivity index (χ0n) is 15.8. The van der Waals surface area contributed by atoms with Crippen LogP contribution >= 0.6 is 0 Å². The highest BCUT2D eigenvalue weighted by Gasteiger charge is 2.24. The van der Waals surface area contributed by atoms with Gasteiger partial charge in [0, 0.05) is 36.1 Å². The van der Waals surface area contributed by atoms with E-state index in [1.807, 2.05) is 36.1 Å². The van der Waals surface area contributed by atoms with Gasteiger partial charge in [-0.3, -0.25) is 4.79 Å². The smallest absolute Gasteiger partial charge is 0.257 e.